The fraction of sp³-hybridized carbons (Fsp3) is 0.500. The highest BCUT2D eigenvalue weighted by Crippen LogP contribution is 2.37. The summed E-state index contributed by atoms with van der Waals surface area (Å²) >= 11 is 0. The van der Waals surface area contributed by atoms with Crippen molar-refractivity contribution < 1.29 is 4.39 Å². The van der Waals surface area contributed by atoms with Gasteiger partial charge in [0.25, 0.3) is 5.56 Å². The number of halogens is 1. The third-order valence-corrected chi connectivity index (χ3v) is 5.29. The molecule has 3 N–H and O–H groups in total. The Kier molecular flexibility index (Phi) is 3.91. The second-order valence-corrected chi connectivity index (χ2v) is 7.13. The molecule has 2 heterocycles. The average molecular weight is 345 g/mol. The number of nitrogens with two attached hydrogens (primary N) is 1. The fourth-order valence-electron chi connectivity index (χ4n) is 3.82. The van der Waals surface area contributed by atoms with Gasteiger partial charge in [0, 0.05) is 6.04 Å². The molecule has 0 spiro atoms. The van der Waals surface area contributed by atoms with Gasteiger partial charge in [0.1, 0.15) is 5.82 Å². The van der Waals surface area contributed by atoms with Crippen LogP contribution in [0.5, 0.6) is 0 Å². The molecular weight excluding hydrogens is 323 g/mol. The first kappa shape index (κ1) is 16.3. The summed E-state index contributed by atoms with van der Waals surface area (Å²) in [6.07, 6.45) is 5.74. The molecule has 2 aliphatic rings. The van der Waals surface area contributed by atoms with Crippen molar-refractivity contribution in [3.05, 3.63) is 50.3 Å². The maximum absolute atomic E-state index is 14.8. The van der Waals surface area contributed by atoms with Crippen molar-refractivity contribution in [3.8, 4) is 0 Å². The topological polar surface area (TPSA) is 82.1 Å². The van der Waals surface area contributed by atoms with Gasteiger partial charge >= 0.3 is 5.69 Å². The van der Waals surface area contributed by atoms with Gasteiger partial charge in [-0.25, -0.2) is 9.18 Å². The molecule has 0 amide bonds. The van der Waals surface area contributed by atoms with Crippen molar-refractivity contribution in [2.24, 2.45) is 5.92 Å². The van der Waals surface area contributed by atoms with Gasteiger partial charge in [-0.15, -0.1) is 0 Å². The summed E-state index contributed by atoms with van der Waals surface area (Å²) in [4.78, 5) is 24.9. The van der Waals surface area contributed by atoms with E-state index in [1.54, 1.807) is 11.5 Å². The van der Waals surface area contributed by atoms with Crippen molar-refractivity contribution >= 4 is 10.9 Å². The Morgan fingerprint density at radius 1 is 1.32 bits per heavy atom. The zero-order valence-corrected chi connectivity index (χ0v) is 14.2. The van der Waals surface area contributed by atoms with E-state index in [-0.39, 0.29) is 17.3 Å². The van der Waals surface area contributed by atoms with E-state index in [0.717, 1.165) is 38.8 Å². The molecule has 1 aliphatic heterocycles. The molecule has 1 aromatic carbocycles. The predicted octanol–water partition coefficient (Wildman–Crippen LogP) is 1.21. The molecule has 2 fully saturated rings. The Labute approximate surface area is 144 Å². The quantitative estimate of drug-likeness (QED) is 0.820. The van der Waals surface area contributed by atoms with Crippen LogP contribution in [0.1, 0.15) is 42.9 Å². The van der Waals surface area contributed by atoms with Crippen LogP contribution in [0.15, 0.2) is 15.7 Å². The summed E-state index contributed by atoms with van der Waals surface area (Å²) in [5.74, 6) is 5.44. The third kappa shape index (κ3) is 2.66. The lowest BCUT2D eigenvalue weighted by Crippen LogP contribution is -2.44. The summed E-state index contributed by atoms with van der Waals surface area (Å²) in [5.41, 5.74) is 0.479. The largest absolute Gasteiger partial charge is 0.350 e. The number of rotatable bonds is 3. The molecule has 133 valence electrons. The highest BCUT2D eigenvalue weighted by atomic mass is 19.1. The van der Waals surface area contributed by atoms with E-state index in [2.05, 4.69) is 5.32 Å². The number of hydrogen-bond acceptors (Lipinski definition) is 4. The maximum atomic E-state index is 14.8. The Bertz CT molecular complexity index is 952. The summed E-state index contributed by atoms with van der Waals surface area (Å²) in [6, 6.07) is 1.27. The second kappa shape index (κ2) is 5.98. The normalized spacial score (nSPS) is 21.0. The Morgan fingerprint density at radius 3 is 2.72 bits per heavy atom. The van der Waals surface area contributed by atoms with Crippen LogP contribution >= 0.6 is 0 Å². The van der Waals surface area contributed by atoms with Gasteiger partial charge < -0.3 is 11.2 Å². The van der Waals surface area contributed by atoms with Gasteiger partial charge in [0.05, 0.1) is 10.9 Å². The number of benzene rings is 1. The van der Waals surface area contributed by atoms with Crippen LogP contribution in [0.25, 0.3) is 10.9 Å². The number of nitrogens with zero attached hydrogens (tertiary/aromatic N) is 2. The van der Waals surface area contributed by atoms with Gasteiger partial charge in [-0.2, -0.15) is 4.68 Å². The van der Waals surface area contributed by atoms with Gasteiger partial charge in [-0.1, -0.05) is 0 Å². The molecule has 2 aromatic rings. The van der Waals surface area contributed by atoms with E-state index in [0.29, 0.717) is 21.3 Å². The van der Waals surface area contributed by atoms with Crippen molar-refractivity contribution in [1.29, 1.82) is 0 Å². The molecule has 1 atom stereocenters. The van der Waals surface area contributed by atoms with Crippen LogP contribution in [-0.4, -0.2) is 22.3 Å². The van der Waals surface area contributed by atoms with E-state index in [4.69, 9.17) is 5.84 Å². The van der Waals surface area contributed by atoms with Crippen LogP contribution in [0.4, 0.5) is 4.39 Å². The summed E-state index contributed by atoms with van der Waals surface area (Å²) in [5, 5.41) is 3.49. The van der Waals surface area contributed by atoms with Gasteiger partial charge in [-0.05, 0) is 75.2 Å². The van der Waals surface area contributed by atoms with E-state index in [1.807, 2.05) is 6.42 Å². The maximum Gasteiger partial charge on any atom is 0.350 e. The van der Waals surface area contributed by atoms with Gasteiger partial charge in [-0.3, -0.25) is 9.36 Å². The minimum Gasteiger partial charge on any atom is -0.332 e. The monoisotopic (exact) mass is 345 g/mol. The lowest BCUT2D eigenvalue weighted by atomic mass is 9.89. The predicted molar refractivity (Wildman–Crippen MR) is 94.6 cm³/mol. The Hall–Kier alpha value is -2.15. The lowest BCUT2D eigenvalue weighted by molar-refractivity contribution is 0.419. The SMILES string of the molecule is Cc1c([CH]C2CCCNC2)c(F)cc2c(=O)n(N)c(=O)n(C3CC3)c12. The Balaban J connectivity index is 1.94. The molecular formula is C18H22FN4O2. The van der Waals surface area contributed by atoms with Crippen molar-refractivity contribution in [3.63, 3.8) is 0 Å². The highest BCUT2D eigenvalue weighted by Gasteiger charge is 2.30. The number of fused-ring (bicyclic) bond motifs is 1. The van der Waals surface area contributed by atoms with E-state index in [1.165, 1.54) is 6.07 Å². The van der Waals surface area contributed by atoms with Crippen LogP contribution in [0.3, 0.4) is 0 Å². The van der Waals surface area contributed by atoms with E-state index < -0.39 is 17.1 Å². The Morgan fingerprint density at radius 2 is 2.08 bits per heavy atom. The molecule has 1 radical (unpaired) electrons. The van der Waals surface area contributed by atoms with Crippen molar-refractivity contribution in [1.82, 2.24) is 14.6 Å². The van der Waals surface area contributed by atoms with Gasteiger partial charge in [0.15, 0.2) is 0 Å². The molecule has 4 rings (SSSR count). The molecule has 1 aliphatic carbocycles. The third-order valence-electron chi connectivity index (χ3n) is 5.29. The number of hydrogen-bond donors (Lipinski definition) is 2. The minimum absolute atomic E-state index is 0.0405. The van der Waals surface area contributed by atoms with E-state index in [9.17, 15) is 14.0 Å². The summed E-state index contributed by atoms with van der Waals surface area (Å²) in [7, 11) is 0. The summed E-state index contributed by atoms with van der Waals surface area (Å²) < 4.78 is 16.9. The highest BCUT2D eigenvalue weighted by molar-refractivity contribution is 5.83. The number of aromatic nitrogens is 2. The molecule has 1 saturated heterocycles. The van der Waals surface area contributed by atoms with Crippen LogP contribution in [0, 0.1) is 25.1 Å². The fourth-order valence-corrected chi connectivity index (χ4v) is 3.82. The number of nitrogen functional groups attached to an aromatic ring is 1. The second-order valence-electron chi connectivity index (χ2n) is 7.13. The van der Waals surface area contributed by atoms with Crippen LogP contribution in [0.2, 0.25) is 0 Å². The first-order valence-corrected chi connectivity index (χ1v) is 8.80. The number of piperidine rings is 1. The van der Waals surface area contributed by atoms with Crippen LogP contribution < -0.4 is 22.4 Å². The molecule has 1 aromatic heterocycles. The molecule has 1 saturated carbocycles. The van der Waals surface area contributed by atoms with Gasteiger partial charge in [0.2, 0.25) is 0 Å². The number of nitrogens with one attached hydrogen (secondary N) is 1. The van der Waals surface area contributed by atoms with E-state index >= 15 is 0 Å². The summed E-state index contributed by atoms with van der Waals surface area (Å²) in [6.45, 7) is 3.59. The molecule has 0 bridgehead atoms. The zero-order chi connectivity index (χ0) is 17.7. The van der Waals surface area contributed by atoms with Crippen molar-refractivity contribution in [2.45, 2.75) is 38.6 Å². The molecule has 7 heteroatoms. The smallest absolute Gasteiger partial charge is 0.332 e. The van der Waals surface area contributed by atoms with Crippen molar-refractivity contribution in [2.75, 3.05) is 18.9 Å². The standard InChI is InChI=1S/C18H22FN4O2/c1-10-13(7-11-3-2-6-21-9-11)15(19)8-14-16(10)22(12-4-5-12)18(25)23(20)17(14)24/h7-8,11-12,21H,2-6,9,20H2,1H3. The zero-order valence-electron chi connectivity index (χ0n) is 14.2. The molecule has 25 heavy (non-hydrogen) atoms. The minimum atomic E-state index is -0.648. The lowest BCUT2D eigenvalue weighted by Gasteiger charge is -2.24. The average Bonchev–Trinajstić information content (AvgIpc) is 3.44. The first-order chi connectivity index (χ1) is 12.0. The van der Waals surface area contributed by atoms with Crippen LogP contribution in [-0.2, 0) is 0 Å². The molecule has 6 nitrogen and oxygen atoms in total. The molecule has 1 unspecified atom stereocenters. The first-order valence-electron chi connectivity index (χ1n) is 8.80. The number of aryl methyl sites for hydroxylation is 1.